The zero-order valence-electron chi connectivity index (χ0n) is 16.2. The van der Waals surface area contributed by atoms with Gasteiger partial charge >= 0.3 is 17.3 Å². The summed E-state index contributed by atoms with van der Waals surface area (Å²) in [6.07, 6.45) is 0. The minimum Gasteiger partial charge on any atom is -0.407 e. The van der Waals surface area contributed by atoms with Gasteiger partial charge in [0.1, 0.15) is 0 Å². The van der Waals surface area contributed by atoms with E-state index in [0.29, 0.717) is 0 Å². The zero-order valence-corrected chi connectivity index (χ0v) is 18.2. The molecule has 0 aromatic carbocycles. The normalized spacial score (nSPS) is 16.3. The van der Waals surface area contributed by atoms with Crippen molar-refractivity contribution in [3.05, 3.63) is 0 Å². The highest BCUT2D eigenvalue weighted by atomic mass is 28.5. The van der Waals surface area contributed by atoms with Gasteiger partial charge in [-0.1, -0.05) is 83.1 Å². The second kappa shape index (κ2) is 5.41. The first kappa shape index (κ1) is 21.3. The van der Waals surface area contributed by atoms with E-state index in [1.165, 1.54) is 0 Å². The van der Waals surface area contributed by atoms with E-state index >= 15 is 8.22 Å². The fraction of sp³-hybridized carbons (Fsp3) is 1.00. The van der Waals surface area contributed by atoms with Crippen LogP contribution in [0, 0.1) is 0 Å². The lowest BCUT2D eigenvalue weighted by molar-refractivity contribution is 0.269. The second-order valence-electron chi connectivity index (χ2n) is 10.3. The molecule has 128 valence electrons. The van der Waals surface area contributed by atoms with Crippen LogP contribution in [0.1, 0.15) is 83.1 Å². The Morgan fingerprint density at radius 3 is 0.714 bits per heavy atom. The molecule has 0 atom stereocenters. The molecule has 0 radical (unpaired) electrons. The molecule has 0 heterocycles. The third-order valence-electron chi connectivity index (χ3n) is 4.14. The molecule has 0 bridgehead atoms. The van der Waals surface area contributed by atoms with Crippen LogP contribution in [0.2, 0.25) is 20.2 Å². The summed E-state index contributed by atoms with van der Waals surface area (Å²) < 4.78 is 38.2. The zero-order chi connectivity index (χ0) is 17.7. The Kier molecular flexibility index (Phi) is 5.48. The molecule has 21 heavy (non-hydrogen) atoms. The Labute approximate surface area is 133 Å². The van der Waals surface area contributed by atoms with E-state index < -0.39 is 37.5 Å². The number of rotatable bonds is 2. The van der Waals surface area contributed by atoms with Crippen molar-refractivity contribution in [1.29, 1.82) is 0 Å². The van der Waals surface area contributed by atoms with Crippen molar-refractivity contribution in [3.8, 4) is 0 Å². The Morgan fingerprint density at radius 1 is 0.476 bits per heavy atom. The molecule has 0 aromatic heterocycles. The molecule has 1 nitrogen and oxygen atoms in total. The Bertz CT molecular complexity index is 304. The third-order valence-corrected chi connectivity index (χ3v) is 14.1. The SMILES string of the molecule is CC(C)(C)[Si](F)(O[Si](F)(C(C)(C)C)C(C)(C)C)C(C)(C)C. The summed E-state index contributed by atoms with van der Waals surface area (Å²) in [5.74, 6) is 0. The molecule has 0 aliphatic rings. The van der Waals surface area contributed by atoms with Crippen LogP contribution >= 0.6 is 0 Å². The van der Waals surface area contributed by atoms with Gasteiger partial charge < -0.3 is 4.12 Å². The Morgan fingerprint density at radius 2 is 0.619 bits per heavy atom. The van der Waals surface area contributed by atoms with Gasteiger partial charge in [-0.25, -0.2) is 0 Å². The maximum absolute atomic E-state index is 16.1. The Balaban J connectivity index is 6.15. The fourth-order valence-electron chi connectivity index (χ4n) is 3.06. The van der Waals surface area contributed by atoms with Gasteiger partial charge in [-0.05, 0) is 0 Å². The lowest BCUT2D eigenvalue weighted by Gasteiger charge is -2.52. The van der Waals surface area contributed by atoms with Gasteiger partial charge in [0.05, 0.1) is 0 Å². The first-order valence-electron chi connectivity index (χ1n) is 7.79. The molecule has 0 spiro atoms. The van der Waals surface area contributed by atoms with E-state index in [9.17, 15) is 0 Å². The molecule has 0 unspecified atom stereocenters. The lowest BCUT2D eigenvalue weighted by Crippen LogP contribution is -2.63. The predicted octanol–water partition coefficient (Wildman–Crippen LogP) is 7.03. The first-order chi connectivity index (χ1) is 8.71. The summed E-state index contributed by atoms with van der Waals surface area (Å²) in [5, 5.41) is -2.70. The highest BCUT2D eigenvalue weighted by molar-refractivity contribution is 6.86. The summed E-state index contributed by atoms with van der Waals surface area (Å²) in [4.78, 5) is 0. The molecule has 0 fully saturated rings. The standard InChI is InChI=1S/C16H36F2OSi2/c1-13(2,3)20(17,14(4,5)6)19-21(18,15(7,8)9)16(10,11)12/h1-12H3. The van der Waals surface area contributed by atoms with Crippen molar-refractivity contribution in [2.24, 2.45) is 0 Å². The second-order valence-corrected chi connectivity index (χ2v) is 19.5. The monoisotopic (exact) mass is 338 g/mol. The minimum absolute atomic E-state index is 0.675. The van der Waals surface area contributed by atoms with Crippen molar-refractivity contribution in [3.63, 3.8) is 0 Å². The summed E-state index contributed by atoms with van der Waals surface area (Å²) in [5.41, 5.74) is 0. The van der Waals surface area contributed by atoms with Crippen molar-refractivity contribution < 1.29 is 12.3 Å². The minimum atomic E-state index is -3.82. The maximum Gasteiger partial charge on any atom is 0.386 e. The highest BCUT2D eigenvalue weighted by Crippen LogP contribution is 2.60. The number of hydrogen-bond acceptors (Lipinski definition) is 1. The van der Waals surface area contributed by atoms with Gasteiger partial charge in [-0.2, -0.15) is 0 Å². The molecule has 5 heteroatoms. The number of halogens is 2. The van der Waals surface area contributed by atoms with Crippen LogP contribution in [0.3, 0.4) is 0 Å². The smallest absolute Gasteiger partial charge is 0.386 e. The summed E-state index contributed by atoms with van der Waals surface area (Å²) in [7, 11) is -7.64. The molecule has 0 aromatic rings. The van der Waals surface area contributed by atoms with Gasteiger partial charge in [0, 0.05) is 20.2 Å². The van der Waals surface area contributed by atoms with Gasteiger partial charge in [0.2, 0.25) is 0 Å². The summed E-state index contributed by atoms with van der Waals surface area (Å²) in [6.45, 7) is 22.1. The van der Waals surface area contributed by atoms with Crippen LogP contribution in [0.25, 0.3) is 0 Å². The fourth-order valence-corrected chi connectivity index (χ4v) is 14.0. The molecule has 0 aliphatic heterocycles. The summed E-state index contributed by atoms with van der Waals surface area (Å²) in [6, 6.07) is 0. The molecule has 0 saturated heterocycles. The van der Waals surface area contributed by atoms with Gasteiger partial charge in [0.15, 0.2) is 0 Å². The summed E-state index contributed by atoms with van der Waals surface area (Å²) >= 11 is 0. The quantitative estimate of drug-likeness (QED) is 0.388. The number of hydrogen-bond donors (Lipinski definition) is 0. The topological polar surface area (TPSA) is 9.23 Å². The van der Waals surface area contributed by atoms with Crippen LogP contribution in [0.15, 0.2) is 0 Å². The van der Waals surface area contributed by atoms with Crippen LogP contribution in [-0.4, -0.2) is 17.3 Å². The van der Waals surface area contributed by atoms with Gasteiger partial charge in [0.25, 0.3) is 0 Å². The van der Waals surface area contributed by atoms with Crippen LogP contribution in [0.5, 0.6) is 0 Å². The predicted molar refractivity (Wildman–Crippen MR) is 93.7 cm³/mol. The van der Waals surface area contributed by atoms with E-state index in [1.807, 2.05) is 83.1 Å². The first-order valence-corrected chi connectivity index (χ1v) is 11.4. The molecule has 0 N–H and O–H groups in total. The molecular weight excluding hydrogens is 302 g/mol. The van der Waals surface area contributed by atoms with Crippen molar-refractivity contribution >= 4 is 17.3 Å². The van der Waals surface area contributed by atoms with E-state index in [0.717, 1.165) is 0 Å². The van der Waals surface area contributed by atoms with Crippen molar-refractivity contribution in [1.82, 2.24) is 0 Å². The average Bonchev–Trinajstić information content (AvgIpc) is 2.09. The molecular formula is C16H36F2OSi2. The van der Waals surface area contributed by atoms with Crippen LogP contribution in [-0.2, 0) is 4.12 Å². The maximum atomic E-state index is 16.1. The van der Waals surface area contributed by atoms with E-state index in [1.54, 1.807) is 0 Å². The van der Waals surface area contributed by atoms with Crippen LogP contribution < -0.4 is 0 Å². The third kappa shape index (κ3) is 3.78. The van der Waals surface area contributed by atoms with Crippen LogP contribution in [0.4, 0.5) is 8.22 Å². The van der Waals surface area contributed by atoms with E-state index in [-0.39, 0.29) is 0 Å². The highest BCUT2D eigenvalue weighted by Gasteiger charge is 2.68. The van der Waals surface area contributed by atoms with Crippen molar-refractivity contribution in [2.45, 2.75) is 103 Å². The van der Waals surface area contributed by atoms with Gasteiger partial charge in [-0.15, -0.1) is 0 Å². The molecule has 0 rings (SSSR count). The Hall–Kier alpha value is 0.254. The van der Waals surface area contributed by atoms with Crippen molar-refractivity contribution in [2.75, 3.05) is 0 Å². The van der Waals surface area contributed by atoms with Gasteiger partial charge in [-0.3, -0.25) is 8.22 Å². The van der Waals surface area contributed by atoms with E-state index in [4.69, 9.17) is 4.12 Å². The molecule has 0 aliphatic carbocycles. The molecule has 0 amide bonds. The average molecular weight is 339 g/mol. The lowest BCUT2D eigenvalue weighted by atomic mass is 10.2. The molecule has 0 saturated carbocycles. The largest absolute Gasteiger partial charge is 0.407 e. The van der Waals surface area contributed by atoms with E-state index in [2.05, 4.69) is 0 Å².